The average molecular weight is 284 g/mol. The maximum Gasteiger partial charge on any atom is 0.228 e. The molecule has 0 aliphatic heterocycles. The highest BCUT2D eigenvalue weighted by Crippen LogP contribution is 2.43. The zero-order valence-corrected chi connectivity index (χ0v) is 12.3. The summed E-state index contributed by atoms with van der Waals surface area (Å²) in [7, 11) is 0. The van der Waals surface area contributed by atoms with Gasteiger partial charge in [0.15, 0.2) is 11.5 Å². The molecule has 0 heterocycles. The molecule has 1 aromatic rings. The zero-order valence-electron chi connectivity index (χ0n) is 12.3. The summed E-state index contributed by atoms with van der Waals surface area (Å²) in [5.41, 5.74) is 1.07. The highest BCUT2D eigenvalue weighted by atomic mass is 16.3. The summed E-state index contributed by atoms with van der Waals surface area (Å²) in [6, 6.07) is 6.74. The molecule has 2 aliphatic carbocycles. The van der Waals surface area contributed by atoms with Crippen molar-refractivity contribution in [2.24, 2.45) is 5.41 Å². The number of rotatable bonds is 2. The minimum Gasteiger partial charge on any atom is -0.504 e. The molecule has 0 unspecified atom stereocenters. The predicted molar refractivity (Wildman–Crippen MR) is 80.6 cm³/mol. The van der Waals surface area contributed by atoms with Crippen molar-refractivity contribution in [3.63, 3.8) is 0 Å². The third-order valence-corrected chi connectivity index (χ3v) is 4.86. The predicted octanol–water partition coefficient (Wildman–Crippen LogP) is 4.24. The van der Waals surface area contributed by atoms with Crippen LogP contribution in [0.5, 0.6) is 0 Å². The lowest BCUT2D eigenvalue weighted by Gasteiger charge is -2.35. The highest BCUT2D eigenvalue weighted by Gasteiger charge is 2.37. The molecule has 0 saturated heterocycles. The Morgan fingerprint density at radius 1 is 1.00 bits per heavy atom. The minimum absolute atomic E-state index is 0.0176. The summed E-state index contributed by atoms with van der Waals surface area (Å²) in [6.45, 7) is 2.16. The first kappa shape index (κ1) is 14.1. The summed E-state index contributed by atoms with van der Waals surface area (Å²) < 4.78 is 0. The molecular weight excluding hydrogens is 264 g/mol. The van der Waals surface area contributed by atoms with Crippen molar-refractivity contribution in [2.45, 2.75) is 45.4 Å². The number of ketones is 2. The number of carbonyl (C=O) groups is 2. The van der Waals surface area contributed by atoms with Crippen molar-refractivity contribution in [3.8, 4) is 0 Å². The van der Waals surface area contributed by atoms with Crippen molar-refractivity contribution < 1.29 is 14.7 Å². The Kier molecular flexibility index (Phi) is 3.44. The maximum absolute atomic E-state index is 12.6. The van der Waals surface area contributed by atoms with Gasteiger partial charge in [0, 0.05) is 16.7 Å². The number of aliphatic hydroxyl groups is 1. The molecule has 1 fully saturated rings. The van der Waals surface area contributed by atoms with Crippen LogP contribution in [0.2, 0.25) is 0 Å². The van der Waals surface area contributed by atoms with Gasteiger partial charge in [-0.2, -0.15) is 0 Å². The van der Waals surface area contributed by atoms with Crippen LogP contribution in [0, 0.1) is 5.41 Å². The van der Waals surface area contributed by atoms with E-state index in [2.05, 4.69) is 6.92 Å². The normalized spacial score (nSPS) is 21.4. The average Bonchev–Trinajstić information content (AvgIpc) is 2.50. The van der Waals surface area contributed by atoms with Crippen molar-refractivity contribution in [1.29, 1.82) is 0 Å². The summed E-state index contributed by atoms with van der Waals surface area (Å²) >= 11 is 0. The lowest BCUT2D eigenvalue weighted by Crippen LogP contribution is -2.28. The van der Waals surface area contributed by atoms with E-state index in [1.807, 2.05) is 0 Å². The van der Waals surface area contributed by atoms with Crippen LogP contribution in [-0.2, 0) is 0 Å². The number of aliphatic hydroxyl groups excluding tert-OH is 1. The molecule has 3 heteroatoms. The van der Waals surface area contributed by atoms with Crippen LogP contribution in [0.4, 0.5) is 0 Å². The molecular formula is C18H20O3. The van der Waals surface area contributed by atoms with Gasteiger partial charge in [-0.15, -0.1) is 0 Å². The third-order valence-electron chi connectivity index (χ3n) is 4.86. The Balaban J connectivity index is 1.97. The van der Waals surface area contributed by atoms with Crippen LogP contribution in [0.25, 0.3) is 0 Å². The molecule has 0 radical (unpaired) electrons. The fourth-order valence-corrected chi connectivity index (χ4v) is 3.59. The van der Waals surface area contributed by atoms with Crippen LogP contribution >= 0.6 is 0 Å². The Labute approximate surface area is 124 Å². The quantitative estimate of drug-likeness (QED) is 0.883. The molecule has 0 atom stereocenters. The summed E-state index contributed by atoms with van der Waals surface area (Å²) in [5.74, 6) is -0.945. The monoisotopic (exact) mass is 284 g/mol. The Bertz CT molecular complexity index is 634. The number of Topliss-reactive ketones (excluding diaryl/α,β-unsaturated/α-hetero) is 2. The van der Waals surface area contributed by atoms with E-state index >= 15 is 0 Å². The zero-order chi connectivity index (χ0) is 15.0. The second-order valence-corrected chi connectivity index (χ2v) is 6.58. The van der Waals surface area contributed by atoms with Gasteiger partial charge in [0.25, 0.3) is 0 Å². The second-order valence-electron chi connectivity index (χ2n) is 6.58. The fraction of sp³-hybridized carbons (Fsp3) is 0.444. The molecule has 110 valence electrons. The van der Waals surface area contributed by atoms with E-state index in [0.717, 1.165) is 25.7 Å². The van der Waals surface area contributed by atoms with Gasteiger partial charge in [0.05, 0.1) is 0 Å². The van der Waals surface area contributed by atoms with E-state index in [1.54, 1.807) is 24.3 Å². The van der Waals surface area contributed by atoms with E-state index in [0.29, 0.717) is 23.1 Å². The Morgan fingerprint density at radius 3 is 2.19 bits per heavy atom. The first-order valence-corrected chi connectivity index (χ1v) is 7.62. The van der Waals surface area contributed by atoms with E-state index in [-0.39, 0.29) is 17.0 Å². The van der Waals surface area contributed by atoms with Gasteiger partial charge in [-0.3, -0.25) is 9.59 Å². The number of carbonyl (C=O) groups excluding carboxylic acids is 2. The number of hydrogen-bond acceptors (Lipinski definition) is 3. The van der Waals surface area contributed by atoms with Gasteiger partial charge in [-0.25, -0.2) is 0 Å². The van der Waals surface area contributed by atoms with E-state index in [1.165, 1.54) is 6.42 Å². The third kappa shape index (κ3) is 2.41. The van der Waals surface area contributed by atoms with E-state index in [9.17, 15) is 14.7 Å². The van der Waals surface area contributed by atoms with Gasteiger partial charge in [-0.05, 0) is 24.7 Å². The smallest absolute Gasteiger partial charge is 0.228 e. The van der Waals surface area contributed by atoms with Gasteiger partial charge in [-0.1, -0.05) is 50.5 Å². The van der Waals surface area contributed by atoms with Crippen LogP contribution in [-0.4, -0.2) is 16.7 Å². The van der Waals surface area contributed by atoms with E-state index in [4.69, 9.17) is 0 Å². The molecule has 1 N–H and O–H groups in total. The Hall–Kier alpha value is -1.90. The van der Waals surface area contributed by atoms with Gasteiger partial charge >= 0.3 is 0 Å². The Morgan fingerprint density at radius 2 is 1.57 bits per heavy atom. The topological polar surface area (TPSA) is 54.4 Å². The molecule has 0 amide bonds. The SMILES string of the molecule is CC1(CC2=C(O)C(=O)c3ccccc3C2=O)CCCCC1. The van der Waals surface area contributed by atoms with Crippen LogP contribution < -0.4 is 0 Å². The van der Waals surface area contributed by atoms with Crippen molar-refractivity contribution in [2.75, 3.05) is 0 Å². The van der Waals surface area contributed by atoms with Gasteiger partial charge < -0.3 is 5.11 Å². The molecule has 3 rings (SSSR count). The standard InChI is InChI=1S/C18H20O3/c1-18(9-5-2-6-10-18)11-14-15(19)12-7-3-4-8-13(12)16(20)17(14)21/h3-4,7-8,21H,2,5-6,9-11H2,1H3. The minimum atomic E-state index is -0.417. The van der Waals surface area contributed by atoms with Crippen LogP contribution in [0.15, 0.2) is 35.6 Å². The van der Waals surface area contributed by atoms with Crippen molar-refractivity contribution >= 4 is 11.6 Å². The van der Waals surface area contributed by atoms with E-state index < -0.39 is 5.78 Å². The fourth-order valence-electron chi connectivity index (χ4n) is 3.59. The molecule has 21 heavy (non-hydrogen) atoms. The molecule has 0 aromatic heterocycles. The molecule has 0 spiro atoms. The number of fused-ring (bicyclic) bond motifs is 1. The maximum atomic E-state index is 12.6. The number of allylic oxidation sites excluding steroid dienone is 2. The summed E-state index contributed by atoms with van der Waals surface area (Å²) in [4.78, 5) is 24.9. The molecule has 2 aliphatic rings. The summed E-state index contributed by atoms with van der Waals surface area (Å²) in [5, 5.41) is 10.2. The lowest BCUT2D eigenvalue weighted by molar-refractivity contribution is 0.0913. The number of hydrogen-bond donors (Lipinski definition) is 1. The largest absolute Gasteiger partial charge is 0.504 e. The molecule has 0 bridgehead atoms. The second kappa shape index (κ2) is 5.14. The van der Waals surface area contributed by atoms with Crippen molar-refractivity contribution in [1.82, 2.24) is 0 Å². The highest BCUT2D eigenvalue weighted by molar-refractivity contribution is 6.25. The summed E-state index contributed by atoms with van der Waals surface area (Å²) in [6.07, 6.45) is 6.14. The first-order chi connectivity index (χ1) is 10.0. The van der Waals surface area contributed by atoms with Gasteiger partial charge in [0.1, 0.15) is 0 Å². The first-order valence-electron chi connectivity index (χ1n) is 7.62. The van der Waals surface area contributed by atoms with Gasteiger partial charge in [0.2, 0.25) is 5.78 Å². The van der Waals surface area contributed by atoms with Crippen LogP contribution in [0.1, 0.15) is 66.2 Å². The lowest BCUT2D eigenvalue weighted by atomic mass is 9.70. The van der Waals surface area contributed by atoms with Crippen molar-refractivity contribution in [3.05, 3.63) is 46.7 Å². The molecule has 3 nitrogen and oxygen atoms in total. The van der Waals surface area contributed by atoms with Crippen LogP contribution in [0.3, 0.4) is 0 Å². The molecule has 1 aromatic carbocycles. The number of benzene rings is 1. The molecule has 1 saturated carbocycles.